The van der Waals surface area contributed by atoms with Crippen LogP contribution in [0.1, 0.15) is 11.1 Å². The molecule has 8 heteroatoms. The Morgan fingerprint density at radius 2 is 2.08 bits per heavy atom. The normalized spacial score (nSPS) is 15.0. The summed E-state index contributed by atoms with van der Waals surface area (Å²) in [6.45, 7) is 0. The van der Waals surface area contributed by atoms with Crippen LogP contribution < -0.4 is 4.74 Å². The van der Waals surface area contributed by atoms with Crippen molar-refractivity contribution in [3.05, 3.63) is 73.0 Å². The molecule has 1 aliphatic heterocycles. The second-order valence-corrected chi connectivity index (χ2v) is 6.28. The van der Waals surface area contributed by atoms with Gasteiger partial charge in [-0.05, 0) is 58.5 Å². The lowest BCUT2D eigenvalue weighted by molar-refractivity contribution is -0.385. The number of hydrogen-bond donors (Lipinski definition) is 0. The van der Waals surface area contributed by atoms with Crippen LogP contribution in [-0.4, -0.2) is 23.9 Å². The molecule has 3 rings (SSSR count). The maximum absolute atomic E-state index is 12.0. The van der Waals surface area contributed by atoms with Gasteiger partial charge in [0.15, 0.2) is 11.4 Å². The molecule has 0 atom stereocenters. The second-order valence-electron chi connectivity index (χ2n) is 5.03. The Bertz CT molecular complexity index is 936. The van der Waals surface area contributed by atoms with E-state index < -0.39 is 10.9 Å². The fourth-order valence-corrected chi connectivity index (χ4v) is 2.79. The zero-order chi connectivity index (χ0) is 18.0. The number of carbonyl (C=O) groups is 1. The number of cyclic esters (lactones) is 1. The van der Waals surface area contributed by atoms with Gasteiger partial charge in [0.2, 0.25) is 5.90 Å². The molecule has 0 aromatic heterocycles. The maximum atomic E-state index is 12.0. The van der Waals surface area contributed by atoms with Crippen LogP contribution in [0.25, 0.3) is 6.08 Å². The third-order valence-electron chi connectivity index (χ3n) is 3.40. The molecule has 0 amide bonds. The van der Waals surface area contributed by atoms with Crippen molar-refractivity contribution in [3.63, 3.8) is 0 Å². The molecule has 1 heterocycles. The standard InChI is InChI=1S/C17H11IN2O5/c1-24-15-6-5-10(8-14(15)20(22)23)7-13-17(21)25-16(19-13)11-3-2-4-12(18)9-11/h2-9H,1H3/b13-7+. The van der Waals surface area contributed by atoms with E-state index in [1.54, 1.807) is 12.1 Å². The van der Waals surface area contributed by atoms with Gasteiger partial charge in [0.25, 0.3) is 0 Å². The first kappa shape index (κ1) is 17.1. The molecule has 25 heavy (non-hydrogen) atoms. The molecular weight excluding hydrogens is 439 g/mol. The van der Waals surface area contributed by atoms with Gasteiger partial charge < -0.3 is 9.47 Å². The highest BCUT2D eigenvalue weighted by Gasteiger charge is 2.24. The van der Waals surface area contributed by atoms with Gasteiger partial charge in [-0.25, -0.2) is 9.79 Å². The van der Waals surface area contributed by atoms with Crippen LogP contribution in [0.5, 0.6) is 5.75 Å². The summed E-state index contributed by atoms with van der Waals surface area (Å²) in [5.74, 6) is -0.255. The van der Waals surface area contributed by atoms with Crippen molar-refractivity contribution in [3.8, 4) is 5.75 Å². The van der Waals surface area contributed by atoms with E-state index in [9.17, 15) is 14.9 Å². The molecule has 0 aliphatic carbocycles. The van der Waals surface area contributed by atoms with Gasteiger partial charge in [0.1, 0.15) is 0 Å². The summed E-state index contributed by atoms with van der Waals surface area (Å²) in [5, 5.41) is 11.1. The molecule has 126 valence electrons. The fraction of sp³-hybridized carbons (Fsp3) is 0.0588. The fourth-order valence-electron chi connectivity index (χ4n) is 2.25. The number of methoxy groups -OCH3 is 1. The summed E-state index contributed by atoms with van der Waals surface area (Å²) in [7, 11) is 1.35. The van der Waals surface area contributed by atoms with Crippen LogP contribution in [0, 0.1) is 13.7 Å². The average Bonchev–Trinajstić information content (AvgIpc) is 2.95. The molecule has 0 N–H and O–H groups in total. The average molecular weight is 450 g/mol. The van der Waals surface area contributed by atoms with Gasteiger partial charge >= 0.3 is 11.7 Å². The predicted octanol–water partition coefficient (Wildman–Crippen LogP) is 3.55. The molecule has 0 spiro atoms. The number of nitrogens with zero attached hydrogens (tertiary/aromatic N) is 2. The molecule has 2 aromatic rings. The molecule has 0 saturated carbocycles. The molecule has 0 fully saturated rings. The zero-order valence-corrected chi connectivity index (χ0v) is 15.1. The van der Waals surface area contributed by atoms with Gasteiger partial charge in [-0.15, -0.1) is 0 Å². The van der Waals surface area contributed by atoms with Gasteiger partial charge in [-0.2, -0.15) is 0 Å². The van der Waals surface area contributed by atoms with Gasteiger partial charge in [0, 0.05) is 15.2 Å². The SMILES string of the molecule is COc1ccc(/C=C2/N=C(c3cccc(I)c3)OC2=O)cc1[N+](=O)[O-]. The number of nitro benzene ring substituents is 1. The van der Waals surface area contributed by atoms with Gasteiger partial charge in [0.05, 0.1) is 12.0 Å². The highest BCUT2D eigenvalue weighted by molar-refractivity contribution is 14.1. The van der Waals surface area contributed by atoms with E-state index in [4.69, 9.17) is 9.47 Å². The van der Waals surface area contributed by atoms with E-state index in [1.807, 2.05) is 18.2 Å². The highest BCUT2D eigenvalue weighted by Crippen LogP contribution is 2.29. The first-order chi connectivity index (χ1) is 12.0. The molecule has 0 radical (unpaired) electrons. The van der Waals surface area contributed by atoms with E-state index in [2.05, 4.69) is 27.6 Å². The van der Waals surface area contributed by atoms with Crippen LogP contribution in [0.15, 0.2) is 53.2 Å². The molecule has 2 aromatic carbocycles. The van der Waals surface area contributed by atoms with Crippen molar-refractivity contribution < 1.29 is 19.2 Å². The van der Waals surface area contributed by atoms with Crippen LogP contribution in [0.2, 0.25) is 0 Å². The van der Waals surface area contributed by atoms with Crippen LogP contribution >= 0.6 is 22.6 Å². The number of nitro groups is 1. The lowest BCUT2D eigenvalue weighted by Gasteiger charge is -2.02. The molecule has 0 bridgehead atoms. The van der Waals surface area contributed by atoms with Gasteiger partial charge in [-0.1, -0.05) is 12.1 Å². The number of aliphatic imine (C=N–C) groups is 1. The number of rotatable bonds is 4. The quantitative estimate of drug-likeness (QED) is 0.234. The smallest absolute Gasteiger partial charge is 0.363 e. The summed E-state index contributed by atoms with van der Waals surface area (Å²) < 4.78 is 11.1. The molecule has 0 saturated heterocycles. The third-order valence-corrected chi connectivity index (χ3v) is 4.07. The van der Waals surface area contributed by atoms with Crippen molar-refractivity contribution in [1.82, 2.24) is 0 Å². The summed E-state index contributed by atoms with van der Waals surface area (Å²) in [6, 6.07) is 11.8. The van der Waals surface area contributed by atoms with Crippen molar-refractivity contribution in [1.29, 1.82) is 0 Å². The van der Waals surface area contributed by atoms with Crippen molar-refractivity contribution in [2.24, 2.45) is 4.99 Å². The highest BCUT2D eigenvalue weighted by atomic mass is 127. The Hall–Kier alpha value is -2.75. The van der Waals surface area contributed by atoms with E-state index >= 15 is 0 Å². The zero-order valence-electron chi connectivity index (χ0n) is 12.9. The van der Waals surface area contributed by atoms with Crippen molar-refractivity contribution in [2.45, 2.75) is 0 Å². The van der Waals surface area contributed by atoms with Crippen LogP contribution in [0.4, 0.5) is 5.69 Å². The Labute approximate surface area is 156 Å². The lowest BCUT2D eigenvalue weighted by Crippen LogP contribution is -2.05. The van der Waals surface area contributed by atoms with E-state index in [1.165, 1.54) is 25.3 Å². The minimum Gasteiger partial charge on any atom is -0.490 e. The number of ether oxygens (including phenoxy) is 2. The minimum absolute atomic E-state index is 0.0772. The Morgan fingerprint density at radius 3 is 2.76 bits per heavy atom. The summed E-state index contributed by atoms with van der Waals surface area (Å²) in [6.07, 6.45) is 1.44. The number of carbonyl (C=O) groups excluding carboxylic acids is 1. The van der Waals surface area contributed by atoms with E-state index in [0.717, 1.165) is 3.57 Å². The molecular formula is C17H11IN2O5. The first-order valence-corrected chi connectivity index (χ1v) is 8.17. The second kappa shape index (κ2) is 7.01. The summed E-state index contributed by atoms with van der Waals surface area (Å²) in [4.78, 5) is 26.8. The summed E-state index contributed by atoms with van der Waals surface area (Å²) in [5.41, 5.74) is 1.02. The van der Waals surface area contributed by atoms with Gasteiger partial charge in [-0.3, -0.25) is 10.1 Å². The van der Waals surface area contributed by atoms with E-state index in [0.29, 0.717) is 11.1 Å². The number of esters is 1. The third kappa shape index (κ3) is 3.68. The molecule has 1 aliphatic rings. The first-order valence-electron chi connectivity index (χ1n) is 7.09. The number of halogens is 1. The maximum Gasteiger partial charge on any atom is 0.363 e. The van der Waals surface area contributed by atoms with Crippen LogP contribution in [-0.2, 0) is 9.53 Å². The minimum atomic E-state index is -0.604. The van der Waals surface area contributed by atoms with Crippen LogP contribution in [0.3, 0.4) is 0 Å². The monoisotopic (exact) mass is 450 g/mol. The number of benzene rings is 2. The molecule has 0 unspecified atom stereocenters. The van der Waals surface area contributed by atoms with Crippen molar-refractivity contribution in [2.75, 3.05) is 7.11 Å². The largest absolute Gasteiger partial charge is 0.490 e. The Morgan fingerprint density at radius 1 is 1.28 bits per heavy atom. The topological polar surface area (TPSA) is 91.0 Å². The summed E-state index contributed by atoms with van der Waals surface area (Å²) >= 11 is 2.15. The lowest BCUT2D eigenvalue weighted by atomic mass is 10.1. The molecule has 7 nitrogen and oxygen atoms in total. The Kier molecular flexibility index (Phi) is 4.79. The predicted molar refractivity (Wildman–Crippen MR) is 99.4 cm³/mol. The van der Waals surface area contributed by atoms with E-state index in [-0.39, 0.29) is 23.0 Å². The number of hydrogen-bond acceptors (Lipinski definition) is 6. The van der Waals surface area contributed by atoms with Crippen molar-refractivity contribution >= 4 is 46.2 Å². The Balaban J connectivity index is 1.97.